The van der Waals surface area contributed by atoms with Crippen molar-refractivity contribution in [2.75, 3.05) is 35.8 Å². The number of sulfonamides is 1. The highest BCUT2D eigenvalue weighted by atomic mass is 32.2. The maximum absolute atomic E-state index is 13.2. The molecule has 1 N–H and O–H groups in total. The van der Waals surface area contributed by atoms with Crippen molar-refractivity contribution in [3.8, 4) is 0 Å². The van der Waals surface area contributed by atoms with Crippen molar-refractivity contribution in [3.05, 3.63) is 88.2 Å². The molecule has 1 saturated heterocycles. The van der Waals surface area contributed by atoms with Gasteiger partial charge in [-0.2, -0.15) is 0 Å². The number of amides is 1. The monoisotopic (exact) mass is 495 g/mol. The van der Waals surface area contributed by atoms with Crippen LogP contribution in [-0.2, 0) is 10.0 Å². The van der Waals surface area contributed by atoms with Gasteiger partial charge in [-0.05, 0) is 80.8 Å². The Morgan fingerprint density at radius 3 is 2.03 bits per heavy atom. The third-order valence-electron chi connectivity index (χ3n) is 6.36. The van der Waals surface area contributed by atoms with E-state index >= 15 is 0 Å². The summed E-state index contributed by atoms with van der Waals surface area (Å²) in [5.41, 5.74) is 4.84. The van der Waals surface area contributed by atoms with Gasteiger partial charge in [0.2, 0.25) is 0 Å². The maximum Gasteiger partial charge on any atom is 0.262 e. The summed E-state index contributed by atoms with van der Waals surface area (Å²) in [6.07, 6.45) is 0. The molecule has 0 spiro atoms. The normalized spacial score (nSPS) is 14.2. The molecule has 0 radical (unpaired) electrons. The van der Waals surface area contributed by atoms with Gasteiger partial charge in [-0.15, -0.1) is 0 Å². The lowest BCUT2D eigenvalue weighted by Gasteiger charge is -2.36. The smallest absolute Gasteiger partial charge is 0.262 e. The van der Waals surface area contributed by atoms with E-state index in [0.29, 0.717) is 48.6 Å². The average Bonchev–Trinajstić information content (AvgIpc) is 2.79. The Morgan fingerprint density at radius 2 is 1.43 bits per heavy atom. The largest absolute Gasteiger partial charge is 0.368 e. The number of anilines is 2. The van der Waals surface area contributed by atoms with Crippen LogP contribution in [-0.4, -0.2) is 45.4 Å². The van der Waals surface area contributed by atoms with Crippen LogP contribution >= 0.6 is 0 Å². The van der Waals surface area contributed by atoms with Crippen LogP contribution in [0, 0.1) is 33.5 Å². The molecule has 1 amide bonds. The number of benzene rings is 3. The lowest BCUT2D eigenvalue weighted by atomic mass is 10.1. The molecule has 4 rings (SSSR count). The summed E-state index contributed by atoms with van der Waals surface area (Å²) < 4.78 is 42.4. The highest BCUT2D eigenvalue weighted by molar-refractivity contribution is 7.92. The molecule has 1 aliphatic rings. The topological polar surface area (TPSA) is 69.7 Å². The minimum atomic E-state index is -3.83. The van der Waals surface area contributed by atoms with Crippen LogP contribution in [0.25, 0.3) is 0 Å². The summed E-state index contributed by atoms with van der Waals surface area (Å²) in [5, 5.41) is 0. The van der Waals surface area contributed by atoms with E-state index in [1.807, 2.05) is 26.0 Å². The van der Waals surface area contributed by atoms with Gasteiger partial charge in [-0.25, -0.2) is 12.8 Å². The quantitative estimate of drug-likeness (QED) is 0.551. The molecular weight excluding hydrogens is 465 g/mol. The summed E-state index contributed by atoms with van der Waals surface area (Å²) >= 11 is 0. The van der Waals surface area contributed by atoms with Crippen LogP contribution in [0.15, 0.2) is 59.5 Å². The van der Waals surface area contributed by atoms with E-state index in [9.17, 15) is 17.6 Å². The third-order valence-corrected chi connectivity index (χ3v) is 8.03. The van der Waals surface area contributed by atoms with Crippen LogP contribution in [0.5, 0.6) is 0 Å². The zero-order chi connectivity index (χ0) is 25.3. The number of rotatable bonds is 5. The number of hydrogen-bond donors (Lipinski definition) is 1. The molecule has 6 nitrogen and oxygen atoms in total. The molecule has 1 aliphatic heterocycles. The molecule has 0 aromatic heterocycles. The summed E-state index contributed by atoms with van der Waals surface area (Å²) in [6.45, 7) is 9.62. The molecule has 0 atom stereocenters. The molecule has 184 valence electrons. The zero-order valence-corrected chi connectivity index (χ0v) is 21.2. The second kappa shape index (κ2) is 9.70. The number of hydrogen-bond acceptors (Lipinski definition) is 4. The first-order valence-corrected chi connectivity index (χ1v) is 13.0. The number of carbonyl (C=O) groups excluding carboxylic acids is 1. The molecule has 35 heavy (non-hydrogen) atoms. The van der Waals surface area contributed by atoms with Crippen LogP contribution in [0.3, 0.4) is 0 Å². The van der Waals surface area contributed by atoms with Gasteiger partial charge in [-0.1, -0.05) is 23.8 Å². The number of aryl methyl sites for hydroxylation is 4. The first-order valence-electron chi connectivity index (χ1n) is 11.6. The maximum atomic E-state index is 13.2. The molecular formula is C27H30FN3O3S. The number of nitrogens with one attached hydrogen (secondary N) is 1. The van der Waals surface area contributed by atoms with Crippen molar-refractivity contribution in [2.24, 2.45) is 0 Å². The summed E-state index contributed by atoms with van der Waals surface area (Å²) in [7, 11) is -3.83. The predicted octanol–water partition coefficient (Wildman–Crippen LogP) is 4.82. The van der Waals surface area contributed by atoms with Gasteiger partial charge < -0.3 is 9.80 Å². The van der Waals surface area contributed by atoms with Crippen molar-refractivity contribution in [1.82, 2.24) is 4.90 Å². The third kappa shape index (κ3) is 5.32. The van der Waals surface area contributed by atoms with Gasteiger partial charge >= 0.3 is 0 Å². The molecule has 8 heteroatoms. The van der Waals surface area contributed by atoms with Crippen molar-refractivity contribution in [1.29, 1.82) is 0 Å². The molecule has 0 unspecified atom stereocenters. The first kappa shape index (κ1) is 24.7. The highest BCUT2D eigenvalue weighted by Gasteiger charge is 2.25. The number of nitrogens with zero attached hydrogens (tertiary/aromatic N) is 2. The van der Waals surface area contributed by atoms with Crippen LogP contribution in [0.1, 0.15) is 32.6 Å². The molecule has 0 bridgehead atoms. The minimum absolute atomic E-state index is 0.146. The van der Waals surface area contributed by atoms with Gasteiger partial charge in [0.1, 0.15) is 5.82 Å². The Balaban J connectivity index is 1.50. The lowest BCUT2D eigenvalue weighted by Crippen LogP contribution is -2.48. The van der Waals surface area contributed by atoms with Gasteiger partial charge in [0.15, 0.2) is 0 Å². The van der Waals surface area contributed by atoms with E-state index in [-0.39, 0.29) is 16.6 Å². The Hall–Kier alpha value is -3.39. The van der Waals surface area contributed by atoms with Gasteiger partial charge in [0.05, 0.1) is 10.6 Å². The SMILES string of the molecule is Cc1cc(C)c(S(=O)(=O)Nc2cc(C(=O)N3CCN(c4ccc(F)cc4)CC3)ccc2C)c(C)c1. The summed E-state index contributed by atoms with van der Waals surface area (Å²) in [6, 6.07) is 15.1. The Morgan fingerprint density at radius 1 is 0.829 bits per heavy atom. The number of carbonyl (C=O) groups is 1. The van der Waals surface area contributed by atoms with Crippen LogP contribution in [0.2, 0.25) is 0 Å². The van der Waals surface area contributed by atoms with E-state index in [2.05, 4.69) is 9.62 Å². The lowest BCUT2D eigenvalue weighted by molar-refractivity contribution is 0.0747. The molecule has 0 saturated carbocycles. The zero-order valence-electron chi connectivity index (χ0n) is 20.4. The van der Waals surface area contributed by atoms with Gasteiger partial charge in [0, 0.05) is 37.4 Å². The van der Waals surface area contributed by atoms with Crippen LogP contribution in [0.4, 0.5) is 15.8 Å². The second-order valence-corrected chi connectivity index (χ2v) is 10.7. The average molecular weight is 496 g/mol. The van der Waals surface area contributed by atoms with Crippen molar-refractivity contribution in [3.63, 3.8) is 0 Å². The Labute approximate surface area is 206 Å². The van der Waals surface area contributed by atoms with E-state index in [1.54, 1.807) is 49.1 Å². The minimum Gasteiger partial charge on any atom is -0.368 e. The second-order valence-electron chi connectivity index (χ2n) is 9.12. The first-order chi connectivity index (χ1) is 16.5. The fourth-order valence-electron chi connectivity index (χ4n) is 4.65. The molecule has 3 aromatic rings. The van der Waals surface area contributed by atoms with Crippen LogP contribution < -0.4 is 9.62 Å². The molecule has 1 fully saturated rings. The number of halogens is 1. The molecule has 0 aliphatic carbocycles. The van der Waals surface area contributed by atoms with E-state index in [0.717, 1.165) is 16.8 Å². The number of piperazine rings is 1. The summed E-state index contributed by atoms with van der Waals surface area (Å²) in [5.74, 6) is -0.423. The standard InChI is InChI=1S/C27H30FN3O3S/c1-18-15-20(3)26(21(4)16-18)35(33,34)29-25-17-22(6-5-19(25)2)27(32)31-13-11-30(12-14-31)24-9-7-23(28)8-10-24/h5-10,15-17,29H,11-14H2,1-4H3. The van der Waals surface area contributed by atoms with E-state index in [1.165, 1.54) is 12.1 Å². The summed E-state index contributed by atoms with van der Waals surface area (Å²) in [4.78, 5) is 17.3. The van der Waals surface area contributed by atoms with Crippen molar-refractivity contribution < 1.29 is 17.6 Å². The van der Waals surface area contributed by atoms with Crippen molar-refractivity contribution in [2.45, 2.75) is 32.6 Å². The fraction of sp³-hybridized carbons (Fsp3) is 0.296. The van der Waals surface area contributed by atoms with Gasteiger partial charge in [-0.3, -0.25) is 9.52 Å². The van der Waals surface area contributed by atoms with E-state index in [4.69, 9.17) is 0 Å². The Bertz CT molecular complexity index is 1340. The Kier molecular flexibility index (Phi) is 6.85. The van der Waals surface area contributed by atoms with Gasteiger partial charge in [0.25, 0.3) is 15.9 Å². The highest BCUT2D eigenvalue weighted by Crippen LogP contribution is 2.27. The fourth-order valence-corrected chi connectivity index (χ4v) is 6.23. The molecule has 1 heterocycles. The van der Waals surface area contributed by atoms with Crippen molar-refractivity contribution >= 4 is 27.3 Å². The predicted molar refractivity (Wildman–Crippen MR) is 137 cm³/mol. The molecule has 3 aromatic carbocycles. The van der Waals surface area contributed by atoms with E-state index < -0.39 is 10.0 Å².